The number of aromatic nitrogens is 2. The van der Waals surface area contributed by atoms with E-state index < -0.39 is 0 Å². The van der Waals surface area contributed by atoms with Gasteiger partial charge in [0.15, 0.2) is 0 Å². The number of benzene rings is 7. The van der Waals surface area contributed by atoms with E-state index in [1.54, 1.807) is 11.3 Å². The molecule has 3 heterocycles. The SMILES string of the molecule is N#Cc1ccc2sc3c(ccc4c5ccccc5n(-c5cccc(-c6cccc(-n7c8ccccc8c8ccccc87)c6)c5)c43)c2c1. The predicted octanol–water partition coefficient (Wildman–Crippen LogP) is 11.8. The normalized spacial score (nSPS) is 11.8. The number of nitriles is 1. The van der Waals surface area contributed by atoms with E-state index in [4.69, 9.17) is 0 Å². The zero-order chi connectivity index (χ0) is 31.1. The van der Waals surface area contributed by atoms with Crippen LogP contribution < -0.4 is 0 Å². The molecule has 47 heavy (non-hydrogen) atoms. The summed E-state index contributed by atoms with van der Waals surface area (Å²) in [6.45, 7) is 0. The largest absolute Gasteiger partial charge is 0.309 e. The Labute approximate surface area is 274 Å². The van der Waals surface area contributed by atoms with Crippen molar-refractivity contribution in [2.45, 2.75) is 0 Å². The van der Waals surface area contributed by atoms with Crippen LogP contribution in [0.4, 0.5) is 0 Å². The maximum Gasteiger partial charge on any atom is 0.0991 e. The molecule has 0 unspecified atom stereocenters. The van der Waals surface area contributed by atoms with Gasteiger partial charge >= 0.3 is 0 Å². The van der Waals surface area contributed by atoms with E-state index in [2.05, 4.69) is 155 Å². The molecule has 3 aromatic heterocycles. The summed E-state index contributed by atoms with van der Waals surface area (Å²) in [7, 11) is 0. The summed E-state index contributed by atoms with van der Waals surface area (Å²) in [5.74, 6) is 0. The molecule has 218 valence electrons. The smallest absolute Gasteiger partial charge is 0.0991 e. The Morgan fingerprint density at radius 3 is 1.64 bits per heavy atom. The van der Waals surface area contributed by atoms with Crippen molar-refractivity contribution in [3.05, 3.63) is 157 Å². The summed E-state index contributed by atoms with van der Waals surface area (Å²) >= 11 is 1.80. The lowest BCUT2D eigenvalue weighted by Crippen LogP contribution is -1.96. The third-order valence-electron chi connectivity index (χ3n) is 9.52. The van der Waals surface area contributed by atoms with Crippen molar-refractivity contribution >= 4 is 75.1 Å². The van der Waals surface area contributed by atoms with Gasteiger partial charge in [0.25, 0.3) is 0 Å². The predicted molar refractivity (Wildman–Crippen MR) is 198 cm³/mol. The van der Waals surface area contributed by atoms with Crippen molar-refractivity contribution < 1.29 is 0 Å². The summed E-state index contributed by atoms with van der Waals surface area (Å²) in [5, 5.41) is 16.9. The number of para-hydroxylation sites is 3. The lowest BCUT2D eigenvalue weighted by atomic mass is 10.0. The van der Waals surface area contributed by atoms with E-state index in [1.807, 2.05) is 12.1 Å². The second kappa shape index (κ2) is 9.92. The molecule has 0 saturated heterocycles. The molecule has 0 atom stereocenters. The van der Waals surface area contributed by atoms with Crippen LogP contribution in [0.3, 0.4) is 0 Å². The van der Waals surface area contributed by atoms with E-state index in [1.165, 1.54) is 69.5 Å². The highest BCUT2D eigenvalue weighted by Gasteiger charge is 2.18. The summed E-state index contributed by atoms with van der Waals surface area (Å²) in [6.07, 6.45) is 0. The maximum atomic E-state index is 9.60. The molecule has 4 heteroatoms. The fourth-order valence-corrected chi connectivity index (χ4v) is 8.69. The van der Waals surface area contributed by atoms with E-state index >= 15 is 0 Å². The van der Waals surface area contributed by atoms with Crippen molar-refractivity contribution in [2.24, 2.45) is 0 Å². The molecule has 0 fully saturated rings. The van der Waals surface area contributed by atoms with Crippen LogP contribution in [0.25, 0.3) is 86.3 Å². The van der Waals surface area contributed by atoms with E-state index in [0.29, 0.717) is 5.56 Å². The summed E-state index contributed by atoms with van der Waals surface area (Å²) in [6, 6.07) is 56.6. The molecule has 0 N–H and O–H groups in total. The van der Waals surface area contributed by atoms with Crippen LogP contribution in [-0.4, -0.2) is 9.13 Å². The second-order valence-electron chi connectivity index (χ2n) is 12.1. The fraction of sp³-hybridized carbons (Fsp3) is 0. The van der Waals surface area contributed by atoms with Crippen LogP contribution in [0.2, 0.25) is 0 Å². The minimum absolute atomic E-state index is 0.689. The standard InChI is InChI=1S/C43H25N3S/c44-26-27-19-22-41-37(23-27)36-21-20-35-34-15-3-6-18-40(34)46(42(35)43(36)47-41)31-12-8-10-29(25-31)28-9-7-11-30(24-28)45-38-16-4-1-13-32(38)33-14-2-5-17-39(33)45/h1-25H. The van der Waals surface area contributed by atoms with Gasteiger partial charge in [-0.2, -0.15) is 5.26 Å². The van der Waals surface area contributed by atoms with Gasteiger partial charge in [-0.3, -0.25) is 0 Å². The first kappa shape index (κ1) is 26.1. The van der Waals surface area contributed by atoms with Gasteiger partial charge in [-0.05, 0) is 71.8 Å². The topological polar surface area (TPSA) is 33.6 Å². The highest BCUT2D eigenvalue weighted by Crippen LogP contribution is 2.43. The van der Waals surface area contributed by atoms with Gasteiger partial charge < -0.3 is 9.13 Å². The van der Waals surface area contributed by atoms with E-state index in [9.17, 15) is 5.26 Å². The highest BCUT2D eigenvalue weighted by atomic mass is 32.1. The summed E-state index contributed by atoms with van der Waals surface area (Å²) < 4.78 is 7.23. The van der Waals surface area contributed by atoms with Gasteiger partial charge in [-0.15, -0.1) is 11.3 Å². The van der Waals surface area contributed by atoms with Crippen LogP contribution in [-0.2, 0) is 0 Å². The zero-order valence-electron chi connectivity index (χ0n) is 25.2. The molecule has 7 aromatic carbocycles. The lowest BCUT2D eigenvalue weighted by molar-refractivity contribution is 1.18. The number of rotatable bonds is 3. The maximum absolute atomic E-state index is 9.60. The molecule has 0 bridgehead atoms. The minimum atomic E-state index is 0.689. The molecule has 0 aliphatic heterocycles. The molecule has 0 aliphatic carbocycles. The van der Waals surface area contributed by atoms with Crippen molar-refractivity contribution in [1.82, 2.24) is 9.13 Å². The van der Waals surface area contributed by atoms with Crippen LogP contribution in [0.5, 0.6) is 0 Å². The van der Waals surface area contributed by atoms with Gasteiger partial charge in [-0.1, -0.05) is 91.0 Å². The number of thiophene rings is 1. The Hall–Kier alpha value is -6.15. The van der Waals surface area contributed by atoms with E-state index in [-0.39, 0.29) is 0 Å². The molecular formula is C43H25N3S. The Morgan fingerprint density at radius 1 is 0.447 bits per heavy atom. The average Bonchev–Trinajstić information content (AvgIpc) is 3.79. The Bertz CT molecular complexity index is 2880. The van der Waals surface area contributed by atoms with Gasteiger partial charge in [0.05, 0.1) is 38.4 Å². The Kier molecular flexibility index (Phi) is 5.51. The van der Waals surface area contributed by atoms with Gasteiger partial charge in [0, 0.05) is 48.4 Å². The first-order chi connectivity index (χ1) is 23.3. The molecule has 10 rings (SSSR count). The van der Waals surface area contributed by atoms with Crippen molar-refractivity contribution in [3.63, 3.8) is 0 Å². The summed E-state index contributed by atoms with van der Waals surface area (Å²) in [4.78, 5) is 0. The first-order valence-corrected chi connectivity index (χ1v) is 16.6. The van der Waals surface area contributed by atoms with Crippen LogP contribution in [0, 0.1) is 11.3 Å². The number of nitrogens with zero attached hydrogens (tertiary/aromatic N) is 3. The molecular weight excluding hydrogens is 591 g/mol. The third kappa shape index (κ3) is 3.78. The number of hydrogen-bond acceptors (Lipinski definition) is 2. The van der Waals surface area contributed by atoms with Crippen molar-refractivity contribution in [1.29, 1.82) is 5.26 Å². The average molecular weight is 616 g/mol. The number of hydrogen-bond donors (Lipinski definition) is 0. The quantitative estimate of drug-likeness (QED) is 0.195. The highest BCUT2D eigenvalue weighted by molar-refractivity contribution is 7.26. The van der Waals surface area contributed by atoms with E-state index in [0.717, 1.165) is 16.8 Å². The van der Waals surface area contributed by atoms with Crippen molar-refractivity contribution in [2.75, 3.05) is 0 Å². The van der Waals surface area contributed by atoms with Gasteiger partial charge in [-0.25, -0.2) is 0 Å². The Balaban J connectivity index is 1.20. The molecule has 0 amide bonds. The molecule has 0 radical (unpaired) electrons. The molecule has 0 aliphatic rings. The van der Waals surface area contributed by atoms with Crippen molar-refractivity contribution in [3.8, 4) is 28.6 Å². The monoisotopic (exact) mass is 615 g/mol. The Morgan fingerprint density at radius 2 is 1.00 bits per heavy atom. The molecule has 10 aromatic rings. The van der Waals surface area contributed by atoms with Gasteiger partial charge in [0.1, 0.15) is 0 Å². The lowest BCUT2D eigenvalue weighted by Gasteiger charge is -2.13. The van der Waals surface area contributed by atoms with Crippen LogP contribution >= 0.6 is 11.3 Å². The van der Waals surface area contributed by atoms with Crippen LogP contribution in [0.1, 0.15) is 5.56 Å². The third-order valence-corrected chi connectivity index (χ3v) is 10.7. The van der Waals surface area contributed by atoms with Gasteiger partial charge in [0.2, 0.25) is 0 Å². The summed E-state index contributed by atoms with van der Waals surface area (Å²) in [5.41, 5.74) is 10.1. The second-order valence-corrected chi connectivity index (χ2v) is 13.1. The minimum Gasteiger partial charge on any atom is -0.309 e. The first-order valence-electron chi connectivity index (χ1n) is 15.7. The molecule has 3 nitrogen and oxygen atoms in total. The zero-order valence-corrected chi connectivity index (χ0v) is 26.0. The molecule has 0 saturated carbocycles. The number of fused-ring (bicyclic) bond motifs is 10. The van der Waals surface area contributed by atoms with Crippen LogP contribution in [0.15, 0.2) is 152 Å². The molecule has 0 spiro atoms. The fourth-order valence-electron chi connectivity index (χ4n) is 7.47.